The zero-order valence-corrected chi connectivity index (χ0v) is 12.9. The first-order chi connectivity index (χ1) is 8.86. The Balaban J connectivity index is 2.20. The SMILES string of the molecule is CO[SiH](OC)C(C1=CCCCC1)C1=CCCCC1. The summed E-state index contributed by atoms with van der Waals surface area (Å²) in [7, 11) is 2.05. The van der Waals surface area contributed by atoms with Gasteiger partial charge in [-0.1, -0.05) is 23.3 Å². The summed E-state index contributed by atoms with van der Waals surface area (Å²) in [6.45, 7) is 0. The van der Waals surface area contributed by atoms with Gasteiger partial charge in [0.1, 0.15) is 0 Å². The van der Waals surface area contributed by atoms with Gasteiger partial charge in [0, 0.05) is 19.8 Å². The molecule has 0 fully saturated rings. The van der Waals surface area contributed by atoms with Gasteiger partial charge in [-0.25, -0.2) is 0 Å². The molecule has 0 atom stereocenters. The third-order valence-corrected chi connectivity index (χ3v) is 6.52. The minimum absolute atomic E-state index is 0.501. The van der Waals surface area contributed by atoms with Crippen LogP contribution >= 0.6 is 0 Å². The van der Waals surface area contributed by atoms with Crippen molar-refractivity contribution < 1.29 is 8.85 Å². The van der Waals surface area contributed by atoms with Crippen molar-refractivity contribution in [2.75, 3.05) is 14.2 Å². The van der Waals surface area contributed by atoms with Gasteiger partial charge < -0.3 is 8.85 Å². The zero-order valence-electron chi connectivity index (χ0n) is 11.8. The van der Waals surface area contributed by atoms with Crippen LogP contribution in [0.4, 0.5) is 0 Å². The van der Waals surface area contributed by atoms with E-state index in [-0.39, 0.29) is 0 Å². The minimum atomic E-state index is -1.59. The Kier molecular flexibility index (Phi) is 5.67. The molecule has 0 radical (unpaired) electrons. The van der Waals surface area contributed by atoms with Crippen molar-refractivity contribution in [1.82, 2.24) is 0 Å². The molecule has 2 aliphatic carbocycles. The van der Waals surface area contributed by atoms with Gasteiger partial charge in [0.25, 0.3) is 0 Å². The molecule has 0 aromatic rings. The van der Waals surface area contributed by atoms with Crippen LogP contribution < -0.4 is 0 Å². The monoisotopic (exact) mass is 266 g/mol. The quantitative estimate of drug-likeness (QED) is 0.555. The van der Waals surface area contributed by atoms with Crippen molar-refractivity contribution in [1.29, 1.82) is 0 Å². The van der Waals surface area contributed by atoms with Crippen molar-refractivity contribution in [3.05, 3.63) is 23.3 Å². The Morgan fingerprint density at radius 2 is 1.39 bits per heavy atom. The first kappa shape index (κ1) is 14.0. The summed E-state index contributed by atoms with van der Waals surface area (Å²) in [5.41, 5.74) is 3.71. The smallest absolute Gasteiger partial charge is 0.332 e. The highest BCUT2D eigenvalue weighted by Gasteiger charge is 2.31. The molecule has 0 aromatic carbocycles. The van der Waals surface area contributed by atoms with E-state index in [4.69, 9.17) is 8.85 Å². The maximum atomic E-state index is 5.70. The molecule has 0 aromatic heterocycles. The third-order valence-electron chi connectivity index (χ3n) is 4.19. The van der Waals surface area contributed by atoms with Gasteiger partial charge in [-0.3, -0.25) is 0 Å². The number of hydrogen-bond donors (Lipinski definition) is 0. The van der Waals surface area contributed by atoms with Gasteiger partial charge >= 0.3 is 9.28 Å². The second-order valence-electron chi connectivity index (χ2n) is 5.37. The Hall–Kier alpha value is -0.383. The second-order valence-corrected chi connectivity index (χ2v) is 7.71. The van der Waals surface area contributed by atoms with Gasteiger partial charge in [-0.15, -0.1) is 0 Å². The molecule has 2 rings (SSSR count). The summed E-state index contributed by atoms with van der Waals surface area (Å²) < 4.78 is 11.4. The standard InChI is InChI=1S/C15H26O2Si/c1-16-18(17-2)15(13-9-5-3-6-10-13)14-11-7-4-8-12-14/h9,11,15,18H,3-8,10,12H2,1-2H3. The van der Waals surface area contributed by atoms with Crippen LogP contribution in [0.25, 0.3) is 0 Å². The van der Waals surface area contributed by atoms with E-state index >= 15 is 0 Å². The molecule has 0 amide bonds. The topological polar surface area (TPSA) is 18.5 Å². The van der Waals surface area contributed by atoms with Crippen molar-refractivity contribution in [3.63, 3.8) is 0 Å². The van der Waals surface area contributed by atoms with Gasteiger partial charge in [-0.05, 0) is 51.4 Å². The predicted molar refractivity (Wildman–Crippen MR) is 78.0 cm³/mol. The highest BCUT2D eigenvalue weighted by atomic mass is 28.3. The summed E-state index contributed by atoms with van der Waals surface area (Å²) >= 11 is 0. The molecule has 102 valence electrons. The van der Waals surface area contributed by atoms with E-state index in [2.05, 4.69) is 12.2 Å². The molecule has 0 bridgehead atoms. The molecule has 2 aliphatic rings. The summed E-state index contributed by atoms with van der Waals surface area (Å²) in [4.78, 5) is 0. The molecule has 0 spiro atoms. The van der Waals surface area contributed by atoms with E-state index < -0.39 is 9.28 Å². The zero-order chi connectivity index (χ0) is 12.8. The van der Waals surface area contributed by atoms with Crippen LogP contribution in [0.3, 0.4) is 0 Å². The molecular formula is C15H26O2Si. The van der Waals surface area contributed by atoms with Crippen LogP contribution in [-0.2, 0) is 8.85 Å². The largest absolute Gasteiger partial charge is 0.399 e. The first-order valence-electron chi connectivity index (χ1n) is 7.30. The molecule has 0 heterocycles. The van der Waals surface area contributed by atoms with Crippen molar-refractivity contribution in [3.8, 4) is 0 Å². The lowest BCUT2D eigenvalue weighted by molar-refractivity contribution is 0.271. The van der Waals surface area contributed by atoms with E-state index in [0.717, 1.165) is 0 Å². The summed E-state index contributed by atoms with van der Waals surface area (Å²) in [6.07, 6.45) is 15.3. The average Bonchev–Trinajstić information content (AvgIpc) is 2.46. The van der Waals surface area contributed by atoms with E-state index in [1.807, 2.05) is 14.2 Å². The van der Waals surface area contributed by atoms with Gasteiger partial charge in [0.05, 0.1) is 0 Å². The maximum Gasteiger partial charge on any atom is 0.332 e. The summed E-state index contributed by atoms with van der Waals surface area (Å²) in [5.74, 6) is 0. The highest BCUT2D eigenvalue weighted by molar-refractivity contribution is 6.48. The highest BCUT2D eigenvalue weighted by Crippen LogP contribution is 2.40. The van der Waals surface area contributed by atoms with Crippen LogP contribution in [0.5, 0.6) is 0 Å². The fourth-order valence-electron chi connectivity index (χ4n) is 3.25. The maximum absolute atomic E-state index is 5.70. The number of rotatable bonds is 5. The fraction of sp³-hybridized carbons (Fsp3) is 0.733. The van der Waals surface area contributed by atoms with Crippen LogP contribution in [-0.4, -0.2) is 23.5 Å². The predicted octanol–water partition coefficient (Wildman–Crippen LogP) is 3.87. The molecule has 0 aliphatic heterocycles. The van der Waals surface area contributed by atoms with Crippen LogP contribution in [0.1, 0.15) is 51.4 Å². The van der Waals surface area contributed by atoms with Crippen LogP contribution in [0.15, 0.2) is 23.3 Å². The number of allylic oxidation sites excluding steroid dienone is 4. The number of hydrogen-bond acceptors (Lipinski definition) is 2. The molecule has 0 unspecified atom stereocenters. The Morgan fingerprint density at radius 1 is 0.889 bits per heavy atom. The van der Waals surface area contributed by atoms with E-state index in [1.54, 1.807) is 11.1 Å². The van der Waals surface area contributed by atoms with Crippen molar-refractivity contribution >= 4 is 9.28 Å². The molecule has 2 nitrogen and oxygen atoms in total. The van der Waals surface area contributed by atoms with E-state index in [9.17, 15) is 0 Å². The van der Waals surface area contributed by atoms with Crippen molar-refractivity contribution in [2.24, 2.45) is 0 Å². The Morgan fingerprint density at radius 3 is 1.72 bits per heavy atom. The van der Waals surface area contributed by atoms with Crippen LogP contribution in [0, 0.1) is 0 Å². The third kappa shape index (κ3) is 3.34. The molecule has 0 saturated heterocycles. The molecule has 0 saturated carbocycles. The van der Waals surface area contributed by atoms with Crippen molar-refractivity contribution in [2.45, 2.75) is 56.9 Å². The molecule has 0 N–H and O–H groups in total. The fourth-order valence-corrected chi connectivity index (χ4v) is 5.29. The van der Waals surface area contributed by atoms with E-state index in [0.29, 0.717) is 5.54 Å². The summed E-state index contributed by atoms with van der Waals surface area (Å²) in [6, 6.07) is 0. The normalized spacial score (nSPS) is 21.1. The Labute approximate surface area is 113 Å². The minimum Gasteiger partial charge on any atom is -0.399 e. The van der Waals surface area contributed by atoms with E-state index in [1.165, 1.54) is 51.4 Å². The second kappa shape index (κ2) is 7.27. The summed E-state index contributed by atoms with van der Waals surface area (Å²) in [5, 5.41) is 0. The van der Waals surface area contributed by atoms with Crippen LogP contribution in [0.2, 0.25) is 5.54 Å². The molecule has 18 heavy (non-hydrogen) atoms. The first-order valence-corrected chi connectivity index (χ1v) is 8.91. The van der Waals surface area contributed by atoms with Gasteiger partial charge in [-0.2, -0.15) is 0 Å². The lowest BCUT2D eigenvalue weighted by atomic mass is 9.89. The molecular weight excluding hydrogens is 240 g/mol. The van der Waals surface area contributed by atoms with Gasteiger partial charge in [0.2, 0.25) is 0 Å². The molecule has 3 heteroatoms. The Bertz CT molecular complexity index is 292. The lowest BCUT2D eigenvalue weighted by Gasteiger charge is -2.31. The lowest BCUT2D eigenvalue weighted by Crippen LogP contribution is -2.30. The van der Waals surface area contributed by atoms with Gasteiger partial charge in [0.15, 0.2) is 0 Å². The average molecular weight is 266 g/mol.